The second-order valence-electron chi connectivity index (χ2n) is 6.12. The second kappa shape index (κ2) is 8.33. The maximum Gasteiger partial charge on any atom is 0.263 e. The zero-order valence-electron chi connectivity index (χ0n) is 15.0. The largest absolute Gasteiger partial charge is 0.310 e. The summed E-state index contributed by atoms with van der Waals surface area (Å²) < 4.78 is 4.56. The van der Waals surface area contributed by atoms with Crippen molar-refractivity contribution < 1.29 is 0 Å². The number of rotatable bonds is 7. The van der Waals surface area contributed by atoms with Crippen molar-refractivity contribution in [3.8, 4) is 0 Å². The fourth-order valence-corrected chi connectivity index (χ4v) is 4.61. The van der Waals surface area contributed by atoms with Gasteiger partial charge in [-0.1, -0.05) is 26.0 Å². The molecule has 5 nitrogen and oxygen atoms in total. The Labute approximate surface area is 165 Å². The lowest BCUT2D eigenvalue weighted by molar-refractivity contribution is 0.288. The molecule has 0 aliphatic carbocycles. The molecule has 1 N–H and O–H groups in total. The average Bonchev–Trinajstić information content (AvgIpc) is 3.07. The van der Waals surface area contributed by atoms with E-state index in [1.54, 1.807) is 15.9 Å². The Morgan fingerprint density at radius 2 is 1.85 bits per heavy atom. The Balaban J connectivity index is 2.10. The van der Waals surface area contributed by atoms with Gasteiger partial charge in [0.25, 0.3) is 5.56 Å². The van der Waals surface area contributed by atoms with E-state index in [0.29, 0.717) is 18.5 Å². The van der Waals surface area contributed by atoms with Crippen molar-refractivity contribution in [3.63, 3.8) is 0 Å². The van der Waals surface area contributed by atoms with Gasteiger partial charge in [-0.3, -0.25) is 14.8 Å². The van der Waals surface area contributed by atoms with Crippen molar-refractivity contribution in [2.45, 2.75) is 26.9 Å². The van der Waals surface area contributed by atoms with Crippen LogP contribution in [-0.4, -0.2) is 33.7 Å². The van der Waals surface area contributed by atoms with Crippen LogP contribution < -0.4 is 11.2 Å². The molecular formula is C19H23BrN4OS. The highest BCUT2D eigenvalue weighted by Gasteiger charge is 2.12. The summed E-state index contributed by atoms with van der Waals surface area (Å²) in [4.78, 5) is 16.4. The number of nitrogens with one attached hydrogen (secondary N) is 1. The highest BCUT2D eigenvalue weighted by molar-refractivity contribution is 9.11. The molecule has 0 radical (unpaired) electrons. The predicted molar refractivity (Wildman–Crippen MR) is 111 cm³/mol. The number of benzene rings is 1. The van der Waals surface area contributed by atoms with Gasteiger partial charge in [0.1, 0.15) is 0 Å². The normalized spacial score (nSPS) is 11.5. The van der Waals surface area contributed by atoms with Crippen molar-refractivity contribution in [2.75, 3.05) is 19.6 Å². The monoisotopic (exact) mass is 434 g/mol. The molecule has 0 atom stereocenters. The fourth-order valence-electron chi connectivity index (χ4n) is 3.14. The van der Waals surface area contributed by atoms with Crippen LogP contribution in [0.1, 0.15) is 18.7 Å². The molecule has 0 spiro atoms. The maximum absolute atomic E-state index is 13.0. The summed E-state index contributed by atoms with van der Waals surface area (Å²) in [7, 11) is 0. The van der Waals surface area contributed by atoms with Crippen molar-refractivity contribution in [2.24, 2.45) is 0 Å². The highest BCUT2D eigenvalue weighted by Crippen LogP contribution is 2.22. The summed E-state index contributed by atoms with van der Waals surface area (Å²) in [6, 6.07) is 11.6. The number of para-hydroxylation sites is 1. The number of likely N-dealkylation sites (N-methyl/N-ethyl adjacent to an activating group) is 1. The quantitative estimate of drug-likeness (QED) is 0.618. The van der Waals surface area contributed by atoms with Gasteiger partial charge < -0.3 is 9.47 Å². The predicted octanol–water partition coefficient (Wildman–Crippen LogP) is 3.50. The lowest BCUT2D eigenvalue weighted by atomic mass is 10.2. The Kier molecular flexibility index (Phi) is 6.11. The van der Waals surface area contributed by atoms with E-state index in [2.05, 4.69) is 34.7 Å². The van der Waals surface area contributed by atoms with Gasteiger partial charge in [0.2, 0.25) is 5.62 Å². The first-order valence-corrected chi connectivity index (χ1v) is 10.4. The molecule has 0 saturated heterocycles. The SMILES string of the molecule is CCN(CC)CCn1c(=N)n(Cc2ccc(Br)s2)c(=O)c2ccccc21. The summed E-state index contributed by atoms with van der Waals surface area (Å²) in [6.45, 7) is 8.21. The molecule has 7 heteroatoms. The van der Waals surface area contributed by atoms with Crippen LogP contribution in [0.25, 0.3) is 10.9 Å². The molecule has 0 bridgehead atoms. The molecule has 0 amide bonds. The lowest BCUT2D eigenvalue weighted by Crippen LogP contribution is -2.42. The van der Waals surface area contributed by atoms with Gasteiger partial charge in [-0.15, -0.1) is 11.3 Å². The molecular weight excluding hydrogens is 412 g/mol. The summed E-state index contributed by atoms with van der Waals surface area (Å²) >= 11 is 5.06. The van der Waals surface area contributed by atoms with Crippen LogP contribution in [0.2, 0.25) is 0 Å². The van der Waals surface area contributed by atoms with Gasteiger partial charge in [0.15, 0.2) is 0 Å². The minimum Gasteiger partial charge on any atom is -0.310 e. The van der Waals surface area contributed by atoms with Crippen molar-refractivity contribution in [3.05, 3.63) is 61.0 Å². The topological polar surface area (TPSA) is 54.0 Å². The Hall–Kier alpha value is -1.70. The third-order valence-electron chi connectivity index (χ3n) is 4.66. The first-order valence-electron chi connectivity index (χ1n) is 8.78. The van der Waals surface area contributed by atoms with Gasteiger partial charge in [-0.2, -0.15) is 0 Å². The summed E-state index contributed by atoms with van der Waals surface area (Å²) in [5, 5.41) is 9.35. The van der Waals surface area contributed by atoms with Crippen LogP contribution in [0.5, 0.6) is 0 Å². The average molecular weight is 435 g/mol. The first-order chi connectivity index (χ1) is 12.5. The molecule has 0 unspecified atom stereocenters. The zero-order chi connectivity index (χ0) is 18.7. The number of hydrogen-bond acceptors (Lipinski definition) is 4. The number of aromatic nitrogens is 2. The molecule has 0 aliphatic rings. The lowest BCUT2D eigenvalue weighted by Gasteiger charge is -2.21. The van der Waals surface area contributed by atoms with Crippen LogP contribution in [0.3, 0.4) is 0 Å². The molecule has 0 fully saturated rings. The number of nitrogens with zero attached hydrogens (tertiary/aromatic N) is 3. The number of thiophene rings is 1. The molecule has 2 aromatic heterocycles. The number of halogens is 1. The van der Waals surface area contributed by atoms with Gasteiger partial charge in [0, 0.05) is 18.0 Å². The summed E-state index contributed by atoms with van der Waals surface area (Å²) in [6.07, 6.45) is 0. The standard InChI is InChI=1S/C19H23BrN4OS/c1-3-22(4-2)11-12-23-16-8-6-5-7-15(16)18(25)24(19(23)21)13-14-9-10-17(20)26-14/h5-10,21H,3-4,11-13H2,1-2H3. The molecule has 1 aromatic carbocycles. The van der Waals surface area contributed by atoms with E-state index in [0.717, 1.165) is 33.8 Å². The summed E-state index contributed by atoms with van der Waals surface area (Å²) in [5.74, 6) is 0. The van der Waals surface area contributed by atoms with Crippen LogP contribution in [0.15, 0.2) is 45.0 Å². The van der Waals surface area contributed by atoms with E-state index in [1.807, 2.05) is 41.0 Å². The third kappa shape index (κ3) is 3.84. The summed E-state index contributed by atoms with van der Waals surface area (Å²) in [5.41, 5.74) is 0.984. The third-order valence-corrected chi connectivity index (χ3v) is 6.27. The van der Waals surface area contributed by atoms with Gasteiger partial charge in [-0.25, -0.2) is 0 Å². The van der Waals surface area contributed by atoms with Crippen LogP contribution in [-0.2, 0) is 13.1 Å². The molecule has 0 aliphatic heterocycles. The van der Waals surface area contributed by atoms with Crippen molar-refractivity contribution in [1.29, 1.82) is 5.41 Å². The molecule has 3 aromatic rings. The van der Waals surface area contributed by atoms with Gasteiger partial charge in [0.05, 0.1) is 21.2 Å². The zero-order valence-corrected chi connectivity index (χ0v) is 17.4. The van der Waals surface area contributed by atoms with Crippen molar-refractivity contribution in [1.82, 2.24) is 14.0 Å². The van der Waals surface area contributed by atoms with Crippen LogP contribution >= 0.6 is 27.3 Å². The van der Waals surface area contributed by atoms with Crippen molar-refractivity contribution >= 4 is 38.2 Å². The minimum absolute atomic E-state index is 0.103. The fraction of sp³-hybridized carbons (Fsp3) is 0.368. The molecule has 2 heterocycles. The number of hydrogen-bond donors (Lipinski definition) is 1. The Bertz CT molecular complexity index is 1020. The molecule has 0 saturated carbocycles. The second-order valence-corrected chi connectivity index (χ2v) is 8.66. The minimum atomic E-state index is -0.103. The van der Waals surface area contributed by atoms with Crippen LogP contribution in [0.4, 0.5) is 0 Å². The van der Waals surface area contributed by atoms with Crippen LogP contribution in [0, 0.1) is 5.41 Å². The maximum atomic E-state index is 13.0. The Morgan fingerprint density at radius 1 is 1.12 bits per heavy atom. The van der Waals surface area contributed by atoms with E-state index in [1.165, 1.54) is 0 Å². The molecule has 26 heavy (non-hydrogen) atoms. The number of fused-ring (bicyclic) bond motifs is 1. The van der Waals surface area contributed by atoms with Gasteiger partial charge in [-0.05, 0) is 53.3 Å². The van der Waals surface area contributed by atoms with E-state index < -0.39 is 0 Å². The van der Waals surface area contributed by atoms with E-state index in [4.69, 9.17) is 5.41 Å². The molecule has 3 rings (SSSR count). The van der Waals surface area contributed by atoms with E-state index in [9.17, 15) is 4.79 Å². The van der Waals surface area contributed by atoms with E-state index in [-0.39, 0.29) is 11.2 Å². The van der Waals surface area contributed by atoms with E-state index >= 15 is 0 Å². The Morgan fingerprint density at radius 3 is 2.50 bits per heavy atom. The molecule has 138 valence electrons. The highest BCUT2D eigenvalue weighted by atomic mass is 79.9. The first kappa shape index (κ1) is 19.1. The smallest absolute Gasteiger partial charge is 0.263 e. The van der Waals surface area contributed by atoms with Gasteiger partial charge >= 0.3 is 0 Å².